The van der Waals surface area contributed by atoms with E-state index in [0.717, 1.165) is 15.7 Å². The van der Waals surface area contributed by atoms with Gasteiger partial charge in [-0.05, 0) is 31.0 Å². The Labute approximate surface area is 151 Å². The molecule has 0 aliphatic carbocycles. The topological polar surface area (TPSA) is 102 Å². The number of esters is 1. The Kier molecular flexibility index (Phi) is 6.15. The molecule has 1 heterocycles. The highest BCUT2D eigenvalue weighted by Crippen LogP contribution is 2.22. The van der Waals surface area contributed by atoms with Gasteiger partial charge in [0, 0.05) is 6.20 Å². The zero-order valence-corrected chi connectivity index (χ0v) is 14.9. The van der Waals surface area contributed by atoms with E-state index in [0.29, 0.717) is 5.75 Å². The van der Waals surface area contributed by atoms with Crippen molar-refractivity contribution in [1.29, 1.82) is 5.26 Å². The van der Waals surface area contributed by atoms with Crippen LogP contribution in [0.15, 0.2) is 35.3 Å². The van der Waals surface area contributed by atoms with Crippen molar-refractivity contribution in [3.8, 4) is 11.8 Å². The molecule has 0 aliphatic heterocycles. The zero-order valence-electron chi connectivity index (χ0n) is 14.9. The molecule has 0 saturated carbocycles. The van der Waals surface area contributed by atoms with Crippen LogP contribution in [-0.4, -0.2) is 35.5 Å². The monoisotopic (exact) mass is 356 g/mol. The lowest BCUT2D eigenvalue weighted by atomic mass is 10.1. The number of rotatable bonds is 6. The lowest BCUT2D eigenvalue weighted by Crippen LogP contribution is -2.32. The van der Waals surface area contributed by atoms with E-state index in [1.165, 1.54) is 19.4 Å². The van der Waals surface area contributed by atoms with E-state index >= 15 is 0 Å². The van der Waals surface area contributed by atoms with Gasteiger partial charge in [-0.1, -0.05) is 18.2 Å². The minimum absolute atomic E-state index is 0.0392. The average molecular weight is 356 g/mol. The predicted octanol–water partition coefficient (Wildman–Crippen LogP) is 1.56. The number of aliphatic hydroxyl groups is 1. The highest BCUT2D eigenvalue weighted by Gasteiger charge is 2.15. The number of aromatic nitrogens is 1. The van der Waals surface area contributed by atoms with Crippen molar-refractivity contribution in [3.05, 3.63) is 63.1 Å². The third-order valence-corrected chi connectivity index (χ3v) is 3.86. The smallest absolute Gasteiger partial charge is 0.339 e. The highest BCUT2D eigenvalue weighted by molar-refractivity contribution is 5.89. The number of aryl methyl sites for hydroxylation is 2. The summed E-state index contributed by atoms with van der Waals surface area (Å²) in [7, 11) is 1.21. The van der Waals surface area contributed by atoms with Crippen LogP contribution >= 0.6 is 0 Å². The van der Waals surface area contributed by atoms with Gasteiger partial charge in [0.05, 0.1) is 19.2 Å². The fourth-order valence-corrected chi connectivity index (χ4v) is 2.57. The third kappa shape index (κ3) is 4.29. The summed E-state index contributed by atoms with van der Waals surface area (Å²) in [6.45, 7) is 3.64. The number of nitriles is 1. The Morgan fingerprint density at radius 1 is 1.35 bits per heavy atom. The van der Waals surface area contributed by atoms with Crippen molar-refractivity contribution in [2.75, 3.05) is 13.7 Å². The molecule has 0 amide bonds. The van der Waals surface area contributed by atoms with Gasteiger partial charge < -0.3 is 19.1 Å². The van der Waals surface area contributed by atoms with E-state index in [4.69, 9.17) is 10.00 Å². The van der Waals surface area contributed by atoms with Gasteiger partial charge in [0.2, 0.25) is 0 Å². The Morgan fingerprint density at radius 2 is 2.00 bits per heavy atom. The molecule has 0 radical (unpaired) electrons. The summed E-state index contributed by atoms with van der Waals surface area (Å²) in [5.74, 6) is 0.0106. The predicted molar refractivity (Wildman–Crippen MR) is 94.2 cm³/mol. The second kappa shape index (κ2) is 8.32. The van der Waals surface area contributed by atoms with Crippen LogP contribution < -0.4 is 10.3 Å². The Hall–Kier alpha value is -3.11. The first-order valence-electron chi connectivity index (χ1n) is 7.97. The molecule has 7 heteroatoms. The second-order valence-electron chi connectivity index (χ2n) is 5.89. The number of hydrogen-bond acceptors (Lipinski definition) is 6. The molecule has 2 rings (SSSR count). The number of benzene rings is 1. The van der Waals surface area contributed by atoms with Crippen LogP contribution in [0.3, 0.4) is 0 Å². The summed E-state index contributed by atoms with van der Waals surface area (Å²) in [6, 6.07) is 8.63. The van der Waals surface area contributed by atoms with Gasteiger partial charge in [-0.15, -0.1) is 0 Å². The van der Waals surface area contributed by atoms with Crippen LogP contribution in [0.4, 0.5) is 0 Å². The fraction of sp³-hybridized carbons (Fsp3) is 0.316. The lowest BCUT2D eigenvalue weighted by Gasteiger charge is -2.17. The quantitative estimate of drug-likeness (QED) is 0.788. The Morgan fingerprint density at radius 3 is 2.58 bits per heavy atom. The van der Waals surface area contributed by atoms with Gasteiger partial charge in [-0.25, -0.2) is 4.79 Å². The summed E-state index contributed by atoms with van der Waals surface area (Å²) < 4.78 is 11.4. The molecule has 0 spiro atoms. The maximum Gasteiger partial charge on any atom is 0.339 e. The Bertz CT molecular complexity index is 891. The van der Waals surface area contributed by atoms with Crippen LogP contribution in [0, 0.1) is 25.2 Å². The third-order valence-electron chi connectivity index (χ3n) is 3.86. The van der Waals surface area contributed by atoms with Gasteiger partial charge in [-0.2, -0.15) is 5.26 Å². The molecule has 1 unspecified atom stereocenters. The number of hydrogen-bond donors (Lipinski definition) is 1. The SMILES string of the molecule is COC(=O)c1cc(C#N)c(=O)n(CC(O)COc2c(C)cccc2C)c1. The van der Waals surface area contributed by atoms with Crippen molar-refractivity contribution < 1.29 is 19.4 Å². The standard InChI is InChI=1S/C19H20N2O5/c1-12-5-4-6-13(2)17(12)26-11-16(22)10-21-9-15(19(24)25-3)7-14(8-20)18(21)23/h4-7,9,16,22H,10-11H2,1-3H3. The number of methoxy groups -OCH3 is 1. The van der Waals surface area contributed by atoms with Crippen LogP contribution in [0.25, 0.3) is 0 Å². The first-order chi connectivity index (χ1) is 12.4. The molecule has 26 heavy (non-hydrogen) atoms. The first kappa shape index (κ1) is 19.2. The molecule has 0 fully saturated rings. The number of para-hydroxylation sites is 1. The molecule has 2 aromatic rings. The van der Waals surface area contributed by atoms with Crippen molar-refractivity contribution in [1.82, 2.24) is 4.57 Å². The van der Waals surface area contributed by atoms with E-state index in [1.807, 2.05) is 32.0 Å². The summed E-state index contributed by atoms with van der Waals surface area (Å²) >= 11 is 0. The number of aliphatic hydroxyl groups excluding tert-OH is 1. The number of ether oxygens (including phenoxy) is 2. The maximum absolute atomic E-state index is 12.2. The summed E-state index contributed by atoms with van der Waals surface area (Å²) in [6.07, 6.45) is 0.253. The molecule has 1 aromatic carbocycles. The number of carbonyl (C=O) groups excluding carboxylic acids is 1. The van der Waals surface area contributed by atoms with Crippen LogP contribution in [-0.2, 0) is 11.3 Å². The number of pyridine rings is 1. The molecule has 1 N–H and O–H groups in total. The van der Waals surface area contributed by atoms with Crippen molar-refractivity contribution >= 4 is 5.97 Å². The molecule has 0 aliphatic rings. The van der Waals surface area contributed by atoms with Gasteiger partial charge in [0.15, 0.2) is 0 Å². The van der Waals surface area contributed by atoms with E-state index < -0.39 is 17.6 Å². The average Bonchev–Trinajstić information content (AvgIpc) is 2.62. The molecule has 0 saturated heterocycles. The van der Waals surface area contributed by atoms with Gasteiger partial charge in [0.25, 0.3) is 5.56 Å². The number of carbonyl (C=O) groups is 1. The van der Waals surface area contributed by atoms with Crippen LogP contribution in [0.1, 0.15) is 27.0 Å². The van der Waals surface area contributed by atoms with E-state index in [1.54, 1.807) is 6.07 Å². The molecule has 1 atom stereocenters. The summed E-state index contributed by atoms with van der Waals surface area (Å²) in [4.78, 5) is 23.9. The zero-order chi connectivity index (χ0) is 19.3. The summed E-state index contributed by atoms with van der Waals surface area (Å²) in [5.41, 5.74) is 1.15. The van der Waals surface area contributed by atoms with Gasteiger partial charge >= 0.3 is 5.97 Å². The molecular weight excluding hydrogens is 336 g/mol. The normalized spacial score (nSPS) is 11.5. The van der Waals surface area contributed by atoms with Gasteiger partial charge in [-0.3, -0.25) is 4.79 Å². The lowest BCUT2D eigenvalue weighted by molar-refractivity contribution is 0.0597. The maximum atomic E-state index is 12.2. The van der Waals surface area contributed by atoms with E-state index in [9.17, 15) is 14.7 Å². The summed E-state index contributed by atoms with van der Waals surface area (Å²) in [5, 5.41) is 19.3. The largest absolute Gasteiger partial charge is 0.490 e. The second-order valence-corrected chi connectivity index (χ2v) is 5.89. The van der Waals surface area contributed by atoms with E-state index in [-0.39, 0.29) is 24.3 Å². The van der Waals surface area contributed by atoms with Gasteiger partial charge in [0.1, 0.15) is 30.1 Å². The molecule has 7 nitrogen and oxygen atoms in total. The molecule has 0 bridgehead atoms. The van der Waals surface area contributed by atoms with Crippen molar-refractivity contribution in [3.63, 3.8) is 0 Å². The number of nitrogens with zero attached hydrogens (tertiary/aromatic N) is 2. The first-order valence-corrected chi connectivity index (χ1v) is 7.97. The fourth-order valence-electron chi connectivity index (χ4n) is 2.57. The minimum atomic E-state index is -1.01. The van der Waals surface area contributed by atoms with Crippen molar-refractivity contribution in [2.24, 2.45) is 0 Å². The van der Waals surface area contributed by atoms with Crippen LogP contribution in [0.2, 0.25) is 0 Å². The Balaban J connectivity index is 2.18. The minimum Gasteiger partial charge on any atom is -0.490 e. The van der Waals surface area contributed by atoms with Crippen LogP contribution in [0.5, 0.6) is 5.75 Å². The molecular formula is C19H20N2O5. The molecule has 1 aromatic heterocycles. The van der Waals surface area contributed by atoms with Crippen molar-refractivity contribution in [2.45, 2.75) is 26.5 Å². The van der Waals surface area contributed by atoms with E-state index in [2.05, 4.69) is 4.74 Å². The highest BCUT2D eigenvalue weighted by atomic mass is 16.5. The molecule has 136 valence electrons.